The number of unbranched alkanes of at least 4 members (excludes halogenated alkanes) is 3. The summed E-state index contributed by atoms with van der Waals surface area (Å²) in [6.07, 6.45) is 6.13. The Labute approximate surface area is 114 Å². The normalized spacial score (nSPS) is 12.6. The lowest BCUT2D eigenvalue weighted by Crippen LogP contribution is -2.07. The molecule has 0 saturated carbocycles. The second-order valence-corrected chi connectivity index (χ2v) is 4.96. The lowest BCUT2D eigenvalue weighted by molar-refractivity contribution is 0.0357. The third-order valence-electron chi connectivity index (χ3n) is 3.17. The van der Waals surface area contributed by atoms with Crippen LogP contribution in [-0.4, -0.2) is 17.2 Å². The summed E-state index contributed by atoms with van der Waals surface area (Å²) < 4.78 is 11.0. The van der Waals surface area contributed by atoms with Gasteiger partial charge in [0.05, 0.1) is 6.10 Å². The summed E-state index contributed by atoms with van der Waals surface area (Å²) in [7, 11) is 0. The molecule has 1 aromatic heterocycles. The Kier molecular flexibility index (Phi) is 6.64. The first-order valence-corrected chi connectivity index (χ1v) is 6.98. The number of aromatic carboxylic acids is 1. The highest BCUT2D eigenvalue weighted by atomic mass is 16.5. The maximum Gasteiger partial charge on any atom is 0.339 e. The summed E-state index contributed by atoms with van der Waals surface area (Å²) in [4.78, 5) is 10.9. The van der Waals surface area contributed by atoms with Crippen molar-refractivity contribution in [2.45, 2.75) is 65.6 Å². The number of carboxylic acids is 1. The predicted molar refractivity (Wildman–Crippen MR) is 73.4 cm³/mol. The van der Waals surface area contributed by atoms with Crippen molar-refractivity contribution >= 4 is 5.97 Å². The van der Waals surface area contributed by atoms with Crippen molar-refractivity contribution in [3.63, 3.8) is 0 Å². The molecular formula is C15H24O4. The van der Waals surface area contributed by atoms with Crippen LogP contribution in [-0.2, 0) is 11.3 Å². The topological polar surface area (TPSA) is 59.7 Å². The van der Waals surface area contributed by atoms with E-state index in [0.717, 1.165) is 6.42 Å². The number of ether oxygens (including phenoxy) is 1. The van der Waals surface area contributed by atoms with Gasteiger partial charge in [0.2, 0.25) is 0 Å². The van der Waals surface area contributed by atoms with Crippen LogP contribution in [0.3, 0.4) is 0 Å². The summed E-state index contributed by atoms with van der Waals surface area (Å²) in [5.41, 5.74) is 0.217. The van der Waals surface area contributed by atoms with E-state index in [1.165, 1.54) is 25.7 Å². The first kappa shape index (κ1) is 15.8. The van der Waals surface area contributed by atoms with Crippen LogP contribution in [0.4, 0.5) is 0 Å². The minimum absolute atomic E-state index is 0.176. The molecular weight excluding hydrogens is 244 g/mol. The van der Waals surface area contributed by atoms with E-state index in [1.54, 1.807) is 13.0 Å². The van der Waals surface area contributed by atoms with E-state index < -0.39 is 5.97 Å². The molecule has 0 spiro atoms. The van der Waals surface area contributed by atoms with Crippen molar-refractivity contribution < 1.29 is 19.1 Å². The average Bonchev–Trinajstić information content (AvgIpc) is 2.74. The molecule has 1 rings (SSSR count). The van der Waals surface area contributed by atoms with E-state index in [4.69, 9.17) is 14.3 Å². The minimum Gasteiger partial charge on any atom is -0.478 e. The highest BCUT2D eigenvalue weighted by Crippen LogP contribution is 2.17. The molecule has 108 valence electrons. The van der Waals surface area contributed by atoms with Gasteiger partial charge in [0, 0.05) is 0 Å². The number of rotatable bonds is 9. The van der Waals surface area contributed by atoms with Crippen LogP contribution in [0.5, 0.6) is 0 Å². The van der Waals surface area contributed by atoms with Gasteiger partial charge in [-0.05, 0) is 26.3 Å². The lowest BCUT2D eigenvalue weighted by atomic mass is 10.1. The van der Waals surface area contributed by atoms with Gasteiger partial charge in [-0.1, -0.05) is 32.6 Å². The maximum atomic E-state index is 10.9. The first-order valence-electron chi connectivity index (χ1n) is 6.98. The molecule has 1 heterocycles. The highest BCUT2D eigenvalue weighted by Gasteiger charge is 2.14. The number of aryl methyl sites for hydroxylation is 1. The van der Waals surface area contributed by atoms with Crippen molar-refractivity contribution in [1.29, 1.82) is 0 Å². The van der Waals surface area contributed by atoms with Gasteiger partial charge in [0.15, 0.2) is 0 Å². The van der Waals surface area contributed by atoms with Crippen molar-refractivity contribution in [3.05, 3.63) is 23.2 Å². The van der Waals surface area contributed by atoms with E-state index in [9.17, 15) is 4.79 Å². The fourth-order valence-corrected chi connectivity index (χ4v) is 1.99. The molecule has 19 heavy (non-hydrogen) atoms. The van der Waals surface area contributed by atoms with Crippen LogP contribution in [0.25, 0.3) is 0 Å². The number of hydrogen-bond donors (Lipinski definition) is 1. The maximum absolute atomic E-state index is 10.9. The van der Waals surface area contributed by atoms with Crippen LogP contribution in [0.15, 0.2) is 10.5 Å². The smallest absolute Gasteiger partial charge is 0.339 e. The number of carbonyl (C=O) groups is 1. The van der Waals surface area contributed by atoms with E-state index >= 15 is 0 Å². The van der Waals surface area contributed by atoms with Gasteiger partial charge in [-0.3, -0.25) is 0 Å². The molecule has 4 nitrogen and oxygen atoms in total. The third kappa shape index (κ3) is 5.47. The standard InChI is InChI=1S/C15H24O4/c1-4-5-6-7-8-11(2)18-10-13-9-14(15(16)17)12(3)19-13/h9,11H,4-8,10H2,1-3H3,(H,16,17). The molecule has 0 aliphatic heterocycles. The molecule has 0 amide bonds. The Hall–Kier alpha value is -1.29. The second-order valence-electron chi connectivity index (χ2n) is 4.96. The van der Waals surface area contributed by atoms with Gasteiger partial charge >= 0.3 is 5.97 Å². The molecule has 0 aromatic carbocycles. The molecule has 0 aliphatic rings. The number of carboxylic acid groups (broad SMARTS) is 1. The van der Waals surface area contributed by atoms with Crippen molar-refractivity contribution in [2.24, 2.45) is 0 Å². The minimum atomic E-state index is -0.958. The summed E-state index contributed by atoms with van der Waals surface area (Å²) >= 11 is 0. The Morgan fingerprint density at radius 2 is 2.16 bits per heavy atom. The Morgan fingerprint density at radius 1 is 1.42 bits per heavy atom. The zero-order chi connectivity index (χ0) is 14.3. The number of furan rings is 1. The SMILES string of the molecule is CCCCCCC(C)OCc1cc(C(=O)O)c(C)o1. The van der Waals surface area contributed by atoms with Gasteiger partial charge in [-0.2, -0.15) is 0 Å². The van der Waals surface area contributed by atoms with Gasteiger partial charge in [0.1, 0.15) is 23.7 Å². The first-order chi connectivity index (χ1) is 9.04. The highest BCUT2D eigenvalue weighted by molar-refractivity contribution is 5.88. The monoisotopic (exact) mass is 268 g/mol. The van der Waals surface area contributed by atoms with E-state index in [1.807, 2.05) is 6.92 Å². The van der Waals surface area contributed by atoms with Gasteiger partial charge in [0.25, 0.3) is 0 Å². The summed E-state index contributed by atoms with van der Waals surface area (Å²) in [5, 5.41) is 8.92. The Morgan fingerprint density at radius 3 is 2.74 bits per heavy atom. The molecule has 1 atom stereocenters. The quantitative estimate of drug-likeness (QED) is 0.683. The van der Waals surface area contributed by atoms with Crippen LogP contribution >= 0.6 is 0 Å². The van der Waals surface area contributed by atoms with Crippen LogP contribution in [0.2, 0.25) is 0 Å². The molecule has 1 aromatic rings. The largest absolute Gasteiger partial charge is 0.478 e. The van der Waals surface area contributed by atoms with Gasteiger partial charge in [-0.15, -0.1) is 0 Å². The van der Waals surface area contributed by atoms with Crippen molar-refractivity contribution in [1.82, 2.24) is 0 Å². The van der Waals surface area contributed by atoms with Gasteiger partial charge < -0.3 is 14.3 Å². The molecule has 0 bridgehead atoms. The lowest BCUT2D eigenvalue weighted by Gasteiger charge is -2.11. The molecule has 0 aliphatic carbocycles. The summed E-state index contributed by atoms with van der Waals surface area (Å²) in [6, 6.07) is 1.54. The predicted octanol–water partition coefficient (Wildman–Crippen LogP) is 4.16. The van der Waals surface area contributed by atoms with Crippen LogP contribution < -0.4 is 0 Å². The van der Waals surface area contributed by atoms with E-state index in [0.29, 0.717) is 18.1 Å². The fraction of sp³-hybridized carbons (Fsp3) is 0.667. The summed E-state index contributed by atoms with van der Waals surface area (Å²) in [5.74, 6) is 0.0529. The van der Waals surface area contributed by atoms with Crippen LogP contribution in [0.1, 0.15) is 67.8 Å². The molecule has 4 heteroatoms. The third-order valence-corrected chi connectivity index (χ3v) is 3.17. The Balaban J connectivity index is 2.32. The Bertz CT molecular complexity index is 395. The second kappa shape index (κ2) is 8.00. The van der Waals surface area contributed by atoms with Crippen LogP contribution in [0, 0.1) is 6.92 Å². The average molecular weight is 268 g/mol. The zero-order valence-corrected chi connectivity index (χ0v) is 12.1. The molecule has 1 N–H and O–H groups in total. The molecule has 1 unspecified atom stereocenters. The molecule has 0 radical (unpaired) electrons. The number of hydrogen-bond acceptors (Lipinski definition) is 3. The molecule has 0 fully saturated rings. The van der Waals surface area contributed by atoms with E-state index in [2.05, 4.69) is 6.92 Å². The zero-order valence-electron chi connectivity index (χ0n) is 12.1. The fourth-order valence-electron chi connectivity index (χ4n) is 1.99. The van der Waals surface area contributed by atoms with E-state index in [-0.39, 0.29) is 11.7 Å². The van der Waals surface area contributed by atoms with Crippen molar-refractivity contribution in [2.75, 3.05) is 0 Å². The van der Waals surface area contributed by atoms with Gasteiger partial charge in [-0.25, -0.2) is 4.79 Å². The summed E-state index contributed by atoms with van der Waals surface area (Å²) in [6.45, 7) is 6.23. The molecule has 0 saturated heterocycles. The van der Waals surface area contributed by atoms with Crippen molar-refractivity contribution in [3.8, 4) is 0 Å².